The first kappa shape index (κ1) is 16.8. The Morgan fingerprint density at radius 1 is 1.12 bits per heavy atom. The van der Waals surface area contributed by atoms with E-state index in [2.05, 4.69) is 15.6 Å². The van der Waals surface area contributed by atoms with Gasteiger partial charge in [-0.1, -0.05) is 6.07 Å². The molecule has 1 amide bonds. The zero-order valence-corrected chi connectivity index (χ0v) is 14.6. The SMILES string of the molecule is COc1ccc(Nc2ccc(NC(=O)c3cccs3)nc2)c(OC)c1. The molecule has 2 N–H and O–H groups in total. The topological polar surface area (TPSA) is 72.5 Å². The maximum Gasteiger partial charge on any atom is 0.266 e. The van der Waals surface area contributed by atoms with Crippen LogP contribution >= 0.6 is 11.3 Å². The van der Waals surface area contributed by atoms with Gasteiger partial charge in [0.05, 0.1) is 36.7 Å². The standard InChI is InChI=1S/C18H17N3O3S/c1-23-13-6-7-14(15(10-13)24-2)20-12-5-8-17(19-11-12)21-18(22)16-4-3-9-25-16/h3-11,20H,1-2H3,(H,19,21,22). The molecule has 128 valence electrons. The summed E-state index contributed by atoms with van der Waals surface area (Å²) in [6.07, 6.45) is 1.65. The van der Waals surface area contributed by atoms with Crippen LogP contribution in [0.2, 0.25) is 0 Å². The summed E-state index contributed by atoms with van der Waals surface area (Å²) in [7, 11) is 3.20. The van der Waals surface area contributed by atoms with Gasteiger partial charge in [0, 0.05) is 6.07 Å². The summed E-state index contributed by atoms with van der Waals surface area (Å²) in [5.74, 6) is 1.70. The summed E-state index contributed by atoms with van der Waals surface area (Å²) in [5, 5.41) is 7.85. The highest BCUT2D eigenvalue weighted by atomic mass is 32.1. The van der Waals surface area contributed by atoms with Crippen molar-refractivity contribution < 1.29 is 14.3 Å². The highest BCUT2D eigenvalue weighted by Crippen LogP contribution is 2.31. The number of thiophene rings is 1. The van der Waals surface area contributed by atoms with Gasteiger partial charge in [0.25, 0.3) is 5.91 Å². The molecule has 7 heteroatoms. The van der Waals surface area contributed by atoms with Gasteiger partial charge in [0.15, 0.2) is 0 Å². The fourth-order valence-corrected chi connectivity index (χ4v) is 2.80. The van der Waals surface area contributed by atoms with E-state index in [1.165, 1.54) is 11.3 Å². The average molecular weight is 355 g/mol. The molecule has 2 aromatic heterocycles. The number of aromatic nitrogens is 1. The molecule has 0 saturated carbocycles. The third kappa shape index (κ3) is 4.07. The number of nitrogens with zero attached hydrogens (tertiary/aromatic N) is 1. The average Bonchev–Trinajstić information content (AvgIpc) is 3.18. The summed E-state index contributed by atoms with van der Waals surface area (Å²) in [5.41, 5.74) is 1.57. The van der Waals surface area contributed by atoms with Gasteiger partial charge in [-0.15, -0.1) is 11.3 Å². The molecule has 0 bridgehead atoms. The number of rotatable bonds is 6. The highest BCUT2D eigenvalue weighted by Gasteiger charge is 2.08. The van der Waals surface area contributed by atoms with Crippen molar-refractivity contribution in [1.29, 1.82) is 0 Å². The van der Waals surface area contributed by atoms with E-state index in [0.717, 1.165) is 11.4 Å². The summed E-state index contributed by atoms with van der Waals surface area (Å²) in [6.45, 7) is 0. The highest BCUT2D eigenvalue weighted by molar-refractivity contribution is 7.12. The van der Waals surface area contributed by atoms with Gasteiger partial charge in [-0.2, -0.15) is 0 Å². The molecule has 0 saturated heterocycles. The van der Waals surface area contributed by atoms with Crippen LogP contribution in [0.5, 0.6) is 11.5 Å². The van der Waals surface area contributed by atoms with E-state index in [-0.39, 0.29) is 5.91 Å². The van der Waals surface area contributed by atoms with E-state index < -0.39 is 0 Å². The van der Waals surface area contributed by atoms with Gasteiger partial charge in [-0.25, -0.2) is 4.98 Å². The third-order valence-electron chi connectivity index (χ3n) is 3.44. The Morgan fingerprint density at radius 2 is 2.00 bits per heavy atom. The Kier molecular flexibility index (Phi) is 5.15. The van der Waals surface area contributed by atoms with E-state index in [9.17, 15) is 4.79 Å². The molecule has 0 unspecified atom stereocenters. The van der Waals surface area contributed by atoms with Crippen molar-refractivity contribution >= 4 is 34.4 Å². The molecule has 0 atom stereocenters. The molecule has 0 aliphatic heterocycles. The van der Waals surface area contributed by atoms with Gasteiger partial charge >= 0.3 is 0 Å². The Labute approximate surface area is 149 Å². The summed E-state index contributed by atoms with van der Waals surface area (Å²) in [4.78, 5) is 16.9. The Balaban J connectivity index is 1.69. The predicted molar refractivity (Wildman–Crippen MR) is 99.3 cm³/mol. The van der Waals surface area contributed by atoms with Crippen molar-refractivity contribution in [3.8, 4) is 11.5 Å². The largest absolute Gasteiger partial charge is 0.497 e. The van der Waals surface area contributed by atoms with Crippen molar-refractivity contribution in [2.24, 2.45) is 0 Å². The van der Waals surface area contributed by atoms with Crippen LogP contribution in [0.4, 0.5) is 17.2 Å². The van der Waals surface area contributed by atoms with Crippen LogP contribution in [0.25, 0.3) is 0 Å². The summed E-state index contributed by atoms with van der Waals surface area (Å²) < 4.78 is 10.5. The van der Waals surface area contributed by atoms with Gasteiger partial charge in [0.2, 0.25) is 0 Å². The van der Waals surface area contributed by atoms with Crippen LogP contribution in [-0.4, -0.2) is 25.1 Å². The molecule has 3 rings (SSSR count). The molecule has 0 spiro atoms. The quantitative estimate of drug-likeness (QED) is 0.695. The number of anilines is 3. The van der Waals surface area contributed by atoms with Crippen LogP contribution in [0.3, 0.4) is 0 Å². The molecular formula is C18H17N3O3S. The molecule has 0 fully saturated rings. The molecule has 25 heavy (non-hydrogen) atoms. The lowest BCUT2D eigenvalue weighted by molar-refractivity contribution is 0.103. The normalized spacial score (nSPS) is 10.2. The first-order valence-corrected chi connectivity index (χ1v) is 8.37. The molecule has 1 aromatic carbocycles. The fourth-order valence-electron chi connectivity index (χ4n) is 2.18. The number of pyridine rings is 1. The van der Waals surface area contributed by atoms with E-state index in [0.29, 0.717) is 22.2 Å². The summed E-state index contributed by atoms with van der Waals surface area (Å²) >= 11 is 1.39. The monoisotopic (exact) mass is 355 g/mol. The number of carbonyl (C=O) groups excluding carboxylic acids is 1. The molecule has 6 nitrogen and oxygen atoms in total. The Bertz CT molecular complexity index is 849. The number of carbonyl (C=O) groups is 1. The second kappa shape index (κ2) is 7.67. The zero-order valence-electron chi connectivity index (χ0n) is 13.8. The number of amides is 1. The number of methoxy groups -OCH3 is 2. The lowest BCUT2D eigenvalue weighted by atomic mass is 10.2. The van der Waals surface area contributed by atoms with Gasteiger partial charge in [-0.3, -0.25) is 4.79 Å². The maximum absolute atomic E-state index is 12.0. The van der Waals surface area contributed by atoms with E-state index in [4.69, 9.17) is 9.47 Å². The lowest BCUT2D eigenvalue weighted by Crippen LogP contribution is -2.11. The van der Waals surface area contributed by atoms with Crippen molar-refractivity contribution in [2.45, 2.75) is 0 Å². The van der Waals surface area contributed by atoms with Crippen LogP contribution < -0.4 is 20.1 Å². The zero-order chi connectivity index (χ0) is 17.6. The molecule has 3 aromatic rings. The van der Waals surface area contributed by atoms with E-state index >= 15 is 0 Å². The maximum atomic E-state index is 12.0. The van der Waals surface area contributed by atoms with Gasteiger partial charge < -0.3 is 20.1 Å². The number of benzene rings is 1. The second-order valence-electron chi connectivity index (χ2n) is 5.05. The Morgan fingerprint density at radius 3 is 2.64 bits per heavy atom. The molecule has 0 aliphatic carbocycles. The van der Waals surface area contributed by atoms with Crippen molar-refractivity contribution in [3.63, 3.8) is 0 Å². The van der Waals surface area contributed by atoms with Gasteiger partial charge in [-0.05, 0) is 35.7 Å². The first-order valence-electron chi connectivity index (χ1n) is 7.49. The minimum Gasteiger partial charge on any atom is -0.497 e. The third-order valence-corrected chi connectivity index (χ3v) is 4.31. The van der Waals surface area contributed by atoms with Crippen LogP contribution in [0.15, 0.2) is 54.0 Å². The van der Waals surface area contributed by atoms with Crippen molar-refractivity contribution in [3.05, 3.63) is 58.9 Å². The number of nitrogens with one attached hydrogen (secondary N) is 2. The summed E-state index contributed by atoms with van der Waals surface area (Å²) in [6, 6.07) is 12.7. The van der Waals surface area contributed by atoms with E-state index in [1.807, 2.05) is 29.6 Å². The van der Waals surface area contributed by atoms with Crippen molar-refractivity contribution in [2.75, 3.05) is 24.9 Å². The second-order valence-corrected chi connectivity index (χ2v) is 6.00. The molecular weight excluding hydrogens is 338 g/mol. The lowest BCUT2D eigenvalue weighted by Gasteiger charge is -2.12. The van der Waals surface area contributed by atoms with Gasteiger partial charge in [0.1, 0.15) is 17.3 Å². The number of hydrogen-bond donors (Lipinski definition) is 2. The first-order chi connectivity index (χ1) is 12.2. The number of ether oxygens (including phenoxy) is 2. The van der Waals surface area contributed by atoms with Crippen LogP contribution in [0.1, 0.15) is 9.67 Å². The van der Waals surface area contributed by atoms with Crippen LogP contribution in [0, 0.1) is 0 Å². The van der Waals surface area contributed by atoms with Crippen LogP contribution in [-0.2, 0) is 0 Å². The van der Waals surface area contributed by atoms with Crippen molar-refractivity contribution in [1.82, 2.24) is 4.98 Å². The number of hydrogen-bond acceptors (Lipinski definition) is 6. The smallest absolute Gasteiger partial charge is 0.266 e. The minimum absolute atomic E-state index is 0.167. The minimum atomic E-state index is -0.167. The molecule has 2 heterocycles. The molecule has 0 radical (unpaired) electrons. The fraction of sp³-hybridized carbons (Fsp3) is 0.111. The Hall–Kier alpha value is -3.06. The molecule has 0 aliphatic rings. The van der Waals surface area contributed by atoms with E-state index in [1.54, 1.807) is 38.6 Å². The predicted octanol–water partition coefficient (Wildman–Crippen LogP) is 4.16.